The van der Waals surface area contributed by atoms with E-state index in [9.17, 15) is 12.8 Å². The van der Waals surface area contributed by atoms with Gasteiger partial charge in [-0.15, -0.1) is 0 Å². The molecule has 106 valence electrons. The first kappa shape index (κ1) is 14.6. The first-order valence-corrected chi connectivity index (χ1v) is 7.50. The molecule has 4 nitrogen and oxygen atoms in total. The summed E-state index contributed by atoms with van der Waals surface area (Å²) in [5.41, 5.74) is 7.28. The van der Waals surface area contributed by atoms with Crippen LogP contribution in [-0.4, -0.2) is 8.42 Å². The Balaban J connectivity index is 2.40. The zero-order valence-corrected chi connectivity index (χ0v) is 12.1. The van der Waals surface area contributed by atoms with Crippen molar-refractivity contribution in [2.45, 2.75) is 11.8 Å². The molecule has 0 bridgehead atoms. The minimum Gasteiger partial charge on any atom is -0.398 e. The van der Waals surface area contributed by atoms with Gasteiger partial charge in [-0.1, -0.05) is 17.7 Å². The second-order valence-electron chi connectivity index (χ2n) is 4.25. The van der Waals surface area contributed by atoms with Crippen LogP contribution in [0.2, 0.25) is 5.02 Å². The lowest BCUT2D eigenvalue weighted by Crippen LogP contribution is -2.14. The first-order valence-electron chi connectivity index (χ1n) is 5.63. The summed E-state index contributed by atoms with van der Waals surface area (Å²) in [6.07, 6.45) is 0. The average Bonchev–Trinajstić information content (AvgIpc) is 2.36. The smallest absolute Gasteiger partial charge is 0.263 e. The highest BCUT2D eigenvalue weighted by atomic mass is 35.5. The van der Waals surface area contributed by atoms with Crippen LogP contribution in [0.15, 0.2) is 41.3 Å². The number of aryl methyl sites for hydroxylation is 1. The zero-order valence-electron chi connectivity index (χ0n) is 10.5. The topological polar surface area (TPSA) is 72.2 Å². The van der Waals surface area contributed by atoms with Crippen LogP contribution in [0.25, 0.3) is 0 Å². The van der Waals surface area contributed by atoms with Gasteiger partial charge >= 0.3 is 0 Å². The number of nitrogens with one attached hydrogen (secondary N) is 1. The lowest BCUT2D eigenvalue weighted by atomic mass is 10.2. The quantitative estimate of drug-likeness (QED) is 0.855. The first-order chi connectivity index (χ1) is 9.29. The van der Waals surface area contributed by atoms with Crippen LogP contribution >= 0.6 is 11.6 Å². The summed E-state index contributed by atoms with van der Waals surface area (Å²) >= 11 is 5.79. The third-order valence-electron chi connectivity index (χ3n) is 2.71. The molecule has 0 aliphatic rings. The molecule has 0 unspecified atom stereocenters. The van der Waals surface area contributed by atoms with E-state index in [1.165, 1.54) is 12.1 Å². The maximum Gasteiger partial charge on any atom is 0.263 e. The number of anilines is 2. The Hall–Kier alpha value is -1.79. The number of hydrogen-bond donors (Lipinski definition) is 2. The molecule has 0 aliphatic carbocycles. The Morgan fingerprint density at radius 1 is 1.20 bits per heavy atom. The molecular formula is C13H12ClFN2O2S. The highest BCUT2D eigenvalue weighted by Gasteiger charge is 2.19. The largest absolute Gasteiger partial charge is 0.398 e. The second kappa shape index (κ2) is 5.30. The van der Waals surface area contributed by atoms with Crippen molar-refractivity contribution in [3.8, 4) is 0 Å². The lowest BCUT2D eigenvalue weighted by molar-refractivity contribution is 0.595. The van der Waals surface area contributed by atoms with Crippen LogP contribution in [0, 0.1) is 12.7 Å². The SMILES string of the molecule is Cc1ccc(NS(=O)(=O)c2cc(F)ccc2Cl)cc1N. The van der Waals surface area contributed by atoms with E-state index in [0.29, 0.717) is 5.69 Å². The number of rotatable bonds is 3. The van der Waals surface area contributed by atoms with E-state index in [1.807, 2.05) is 0 Å². The fourth-order valence-electron chi connectivity index (χ4n) is 1.60. The van der Waals surface area contributed by atoms with Gasteiger partial charge in [-0.2, -0.15) is 0 Å². The van der Waals surface area contributed by atoms with Crippen LogP contribution < -0.4 is 10.5 Å². The number of nitrogens with two attached hydrogens (primary N) is 1. The van der Waals surface area contributed by atoms with E-state index in [1.54, 1.807) is 19.1 Å². The second-order valence-corrected chi connectivity index (χ2v) is 6.31. The monoisotopic (exact) mass is 314 g/mol. The Morgan fingerprint density at radius 2 is 1.90 bits per heavy atom. The molecule has 0 amide bonds. The van der Waals surface area contributed by atoms with Crippen molar-refractivity contribution in [2.75, 3.05) is 10.5 Å². The maximum absolute atomic E-state index is 13.2. The Labute approximate surface area is 121 Å². The Morgan fingerprint density at radius 3 is 2.55 bits per heavy atom. The molecule has 2 aromatic rings. The Kier molecular flexibility index (Phi) is 3.87. The van der Waals surface area contributed by atoms with E-state index in [4.69, 9.17) is 17.3 Å². The standard InChI is InChI=1S/C13H12ClFN2O2S/c1-8-2-4-10(7-12(8)16)17-20(18,19)13-6-9(15)3-5-11(13)14/h2-7,17H,16H2,1H3. The van der Waals surface area contributed by atoms with Crippen LogP contribution in [0.5, 0.6) is 0 Å². The van der Waals surface area contributed by atoms with Crippen molar-refractivity contribution in [1.82, 2.24) is 0 Å². The van der Waals surface area contributed by atoms with E-state index < -0.39 is 15.8 Å². The van der Waals surface area contributed by atoms with Gasteiger partial charge in [0.2, 0.25) is 0 Å². The molecule has 0 aliphatic heterocycles. The fourth-order valence-corrected chi connectivity index (χ4v) is 3.16. The minimum absolute atomic E-state index is 0.0565. The van der Waals surface area contributed by atoms with Crippen LogP contribution in [-0.2, 0) is 10.0 Å². The lowest BCUT2D eigenvalue weighted by Gasteiger charge is -2.11. The molecular weight excluding hydrogens is 303 g/mol. The number of halogens is 2. The molecule has 0 spiro atoms. The van der Waals surface area contributed by atoms with Gasteiger partial charge in [0.1, 0.15) is 10.7 Å². The fraction of sp³-hybridized carbons (Fsp3) is 0.0769. The number of nitrogen functional groups attached to an aromatic ring is 1. The predicted octanol–water partition coefficient (Wildman–Crippen LogP) is 3.17. The summed E-state index contributed by atoms with van der Waals surface area (Å²) in [4.78, 5) is -0.321. The van der Waals surface area contributed by atoms with E-state index in [-0.39, 0.29) is 15.6 Å². The van der Waals surface area contributed by atoms with Gasteiger partial charge in [0.25, 0.3) is 10.0 Å². The molecule has 20 heavy (non-hydrogen) atoms. The molecule has 0 saturated carbocycles. The third kappa shape index (κ3) is 3.02. The number of sulfonamides is 1. The summed E-state index contributed by atoms with van der Waals surface area (Å²) in [7, 11) is -3.97. The average molecular weight is 315 g/mol. The van der Waals surface area contributed by atoms with E-state index in [2.05, 4.69) is 4.72 Å². The van der Waals surface area contributed by atoms with Gasteiger partial charge in [0.15, 0.2) is 0 Å². The van der Waals surface area contributed by atoms with Gasteiger partial charge in [-0.25, -0.2) is 12.8 Å². The summed E-state index contributed by atoms with van der Waals surface area (Å²) in [6.45, 7) is 1.80. The summed E-state index contributed by atoms with van der Waals surface area (Å²) in [5, 5.41) is -0.0565. The summed E-state index contributed by atoms with van der Waals surface area (Å²) in [5.74, 6) is -0.682. The molecule has 2 rings (SSSR count). The molecule has 0 saturated heterocycles. The normalized spacial score (nSPS) is 11.3. The highest BCUT2D eigenvalue weighted by Crippen LogP contribution is 2.25. The van der Waals surface area contributed by atoms with Crippen LogP contribution in [0.3, 0.4) is 0 Å². The molecule has 0 atom stereocenters. The van der Waals surface area contributed by atoms with Gasteiger partial charge < -0.3 is 5.73 Å². The summed E-state index contributed by atoms with van der Waals surface area (Å²) < 4.78 is 39.8. The van der Waals surface area contributed by atoms with Crippen molar-refractivity contribution in [2.24, 2.45) is 0 Å². The minimum atomic E-state index is -3.97. The molecule has 0 radical (unpaired) electrons. The summed E-state index contributed by atoms with van der Waals surface area (Å²) in [6, 6.07) is 7.87. The van der Waals surface area contributed by atoms with Gasteiger partial charge in [-0.3, -0.25) is 4.72 Å². The zero-order chi connectivity index (χ0) is 14.9. The maximum atomic E-state index is 13.2. The van der Waals surface area contributed by atoms with Crippen molar-refractivity contribution >= 4 is 33.0 Å². The molecule has 0 heterocycles. The molecule has 0 aromatic heterocycles. The van der Waals surface area contributed by atoms with Crippen molar-refractivity contribution in [3.05, 3.63) is 52.8 Å². The molecule has 2 aromatic carbocycles. The van der Waals surface area contributed by atoms with Crippen molar-refractivity contribution in [3.63, 3.8) is 0 Å². The highest BCUT2D eigenvalue weighted by molar-refractivity contribution is 7.92. The van der Waals surface area contributed by atoms with Gasteiger partial charge in [0.05, 0.1) is 10.7 Å². The van der Waals surface area contributed by atoms with Crippen molar-refractivity contribution in [1.29, 1.82) is 0 Å². The molecule has 7 heteroatoms. The Bertz CT molecular complexity index is 763. The van der Waals surface area contributed by atoms with Crippen LogP contribution in [0.4, 0.5) is 15.8 Å². The predicted molar refractivity (Wildman–Crippen MR) is 77.8 cm³/mol. The number of benzene rings is 2. The van der Waals surface area contributed by atoms with E-state index >= 15 is 0 Å². The van der Waals surface area contributed by atoms with Crippen LogP contribution in [0.1, 0.15) is 5.56 Å². The van der Waals surface area contributed by atoms with Gasteiger partial charge in [-0.05, 0) is 42.8 Å². The molecule has 3 N–H and O–H groups in total. The van der Waals surface area contributed by atoms with Gasteiger partial charge in [0, 0.05) is 5.69 Å². The van der Waals surface area contributed by atoms with E-state index in [0.717, 1.165) is 17.7 Å². The van der Waals surface area contributed by atoms with Crippen molar-refractivity contribution < 1.29 is 12.8 Å². The number of hydrogen-bond acceptors (Lipinski definition) is 3. The third-order valence-corrected chi connectivity index (χ3v) is 4.58. The molecule has 0 fully saturated rings.